The molecule has 6 heteroatoms. The predicted octanol–water partition coefficient (Wildman–Crippen LogP) is 2.50. The number of anilines is 1. The van der Waals surface area contributed by atoms with Gasteiger partial charge in [0.1, 0.15) is 17.5 Å². The zero-order chi connectivity index (χ0) is 13.1. The molecule has 0 saturated carbocycles. The highest BCUT2D eigenvalue weighted by molar-refractivity contribution is 6.30. The molecule has 2 N–H and O–H groups in total. The molecule has 0 aliphatic carbocycles. The molecule has 0 aliphatic rings. The molecule has 0 atom stereocenters. The summed E-state index contributed by atoms with van der Waals surface area (Å²) >= 11 is 5.82. The summed E-state index contributed by atoms with van der Waals surface area (Å²) in [5.41, 5.74) is 1.55. The van der Waals surface area contributed by atoms with E-state index in [-0.39, 0.29) is 17.3 Å². The Kier molecular flexibility index (Phi) is 3.31. The predicted molar refractivity (Wildman–Crippen MR) is 67.4 cm³/mol. The molecule has 0 radical (unpaired) electrons. The van der Waals surface area contributed by atoms with Gasteiger partial charge in [0.05, 0.1) is 6.20 Å². The maximum Gasteiger partial charge on any atom is 0.257 e. The van der Waals surface area contributed by atoms with Crippen molar-refractivity contribution in [3.63, 3.8) is 0 Å². The minimum Gasteiger partial charge on any atom is -0.306 e. The summed E-state index contributed by atoms with van der Waals surface area (Å²) < 4.78 is 0. The van der Waals surface area contributed by atoms with Gasteiger partial charge in [-0.3, -0.25) is 9.89 Å². The number of nitrogens with one attached hydrogen (secondary N) is 2. The minimum absolute atomic E-state index is 0.287. The number of nitrogens with zero attached hydrogens (tertiary/aromatic N) is 2. The molecule has 0 fully saturated rings. The van der Waals surface area contributed by atoms with Crippen molar-refractivity contribution < 1.29 is 4.79 Å². The van der Waals surface area contributed by atoms with Crippen molar-refractivity contribution in [2.75, 3.05) is 5.32 Å². The van der Waals surface area contributed by atoms with Crippen molar-refractivity contribution in [3.05, 3.63) is 46.1 Å². The fourth-order valence-electron chi connectivity index (χ4n) is 1.53. The number of aromatic nitrogens is 2. The number of hydrogen-bond acceptors (Lipinski definition) is 3. The van der Waals surface area contributed by atoms with Crippen molar-refractivity contribution in [1.29, 1.82) is 5.26 Å². The molecule has 0 unspecified atom stereocenters. The molecule has 5 nitrogen and oxygen atoms in total. The van der Waals surface area contributed by atoms with Crippen molar-refractivity contribution in [3.8, 4) is 6.07 Å². The molecule has 2 aromatic rings. The van der Waals surface area contributed by atoms with Crippen LogP contribution in [0.2, 0.25) is 5.02 Å². The summed E-state index contributed by atoms with van der Waals surface area (Å²) in [5, 5.41) is 18.2. The first-order valence-electron chi connectivity index (χ1n) is 5.13. The molecular formula is C12H9ClN4O. The summed E-state index contributed by atoms with van der Waals surface area (Å²) in [6, 6.07) is 6.90. The van der Waals surface area contributed by atoms with Crippen LogP contribution in [0.5, 0.6) is 0 Å². The maximum atomic E-state index is 12.0. The minimum atomic E-state index is -0.315. The van der Waals surface area contributed by atoms with E-state index in [2.05, 4.69) is 15.5 Å². The van der Waals surface area contributed by atoms with Crippen molar-refractivity contribution in [2.24, 2.45) is 0 Å². The Balaban J connectivity index is 2.25. The molecule has 90 valence electrons. The smallest absolute Gasteiger partial charge is 0.257 e. The van der Waals surface area contributed by atoms with Crippen molar-refractivity contribution >= 4 is 23.3 Å². The Labute approximate surface area is 108 Å². The molecule has 1 heterocycles. The van der Waals surface area contributed by atoms with Gasteiger partial charge < -0.3 is 5.32 Å². The van der Waals surface area contributed by atoms with Gasteiger partial charge in [0, 0.05) is 10.6 Å². The first-order valence-corrected chi connectivity index (χ1v) is 5.50. The van der Waals surface area contributed by atoms with E-state index in [0.717, 1.165) is 5.56 Å². The van der Waals surface area contributed by atoms with Gasteiger partial charge in [-0.2, -0.15) is 10.4 Å². The lowest BCUT2D eigenvalue weighted by molar-refractivity contribution is 0.102. The van der Waals surface area contributed by atoms with Gasteiger partial charge in [-0.1, -0.05) is 11.6 Å². The highest BCUT2D eigenvalue weighted by Gasteiger charge is 2.12. The van der Waals surface area contributed by atoms with Crippen molar-refractivity contribution in [1.82, 2.24) is 10.2 Å². The first-order chi connectivity index (χ1) is 8.61. The third-order valence-electron chi connectivity index (χ3n) is 2.43. The van der Waals surface area contributed by atoms with Crippen LogP contribution in [-0.4, -0.2) is 16.1 Å². The van der Waals surface area contributed by atoms with E-state index in [4.69, 9.17) is 16.9 Å². The van der Waals surface area contributed by atoms with E-state index in [0.29, 0.717) is 10.6 Å². The first kappa shape index (κ1) is 12.1. The lowest BCUT2D eigenvalue weighted by Gasteiger charge is -2.06. The molecule has 2 rings (SSSR count). The molecule has 0 bridgehead atoms. The second-order valence-electron chi connectivity index (χ2n) is 3.68. The Bertz CT molecular complexity index is 642. The Morgan fingerprint density at radius 3 is 3.00 bits per heavy atom. The van der Waals surface area contributed by atoms with Crippen LogP contribution in [-0.2, 0) is 0 Å². The lowest BCUT2D eigenvalue weighted by atomic mass is 10.1. The SMILES string of the molecule is Cc1cc(Cl)ccc1C(=O)Nc1[nH]ncc1C#N. The van der Waals surface area contributed by atoms with Crippen molar-refractivity contribution in [2.45, 2.75) is 6.92 Å². The lowest BCUT2D eigenvalue weighted by Crippen LogP contribution is -2.14. The average Bonchev–Trinajstić information content (AvgIpc) is 2.76. The number of rotatable bonds is 2. The number of carbonyl (C=O) groups excluding carboxylic acids is 1. The van der Waals surface area contributed by atoms with Gasteiger partial charge in [0.2, 0.25) is 0 Å². The number of amides is 1. The van der Waals surface area contributed by atoms with E-state index in [1.165, 1.54) is 6.20 Å². The number of H-pyrrole nitrogens is 1. The zero-order valence-electron chi connectivity index (χ0n) is 9.49. The van der Waals surface area contributed by atoms with Crippen LogP contribution in [0.3, 0.4) is 0 Å². The van der Waals surface area contributed by atoms with E-state index >= 15 is 0 Å². The van der Waals surface area contributed by atoms with Crippen LogP contribution in [0.25, 0.3) is 0 Å². The largest absolute Gasteiger partial charge is 0.306 e. The highest BCUT2D eigenvalue weighted by atomic mass is 35.5. The second-order valence-corrected chi connectivity index (χ2v) is 4.12. The van der Waals surface area contributed by atoms with Crippen LogP contribution in [0.1, 0.15) is 21.5 Å². The van der Waals surface area contributed by atoms with Gasteiger partial charge in [0.15, 0.2) is 0 Å². The topological polar surface area (TPSA) is 81.6 Å². The number of aryl methyl sites for hydroxylation is 1. The Morgan fingerprint density at radius 1 is 1.56 bits per heavy atom. The van der Waals surface area contributed by atoms with Crippen LogP contribution >= 0.6 is 11.6 Å². The number of nitriles is 1. The van der Waals surface area contributed by atoms with E-state index in [9.17, 15) is 4.79 Å². The third-order valence-corrected chi connectivity index (χ3v) is 2.67. The number of hydrogen-bond donors (Lipinski definition) is 2. The van der Waals surface area contributed by atoms with Crippen LogP contribution in [0.15, 0.2) is 24.4 Å². The number of halogens is 1. The normalized spacial score (nSPS) is 9.83. The van der Waals surface area contributed by atoms with Crippen LogP contribution < -0.4 is 5.32 Å². The third kappa shape index (κ3) is 2.34. The van der Waals surface area contributed by atoms with Gasteiger partial charge in [-0.05, 0) is 30.7 Å². The summed E-state index contributed by atoms with van der Waals surface area (Å²) in [6.07, 6.45) is 1.35. The van der Waals surface area contributed by atoms with Gasteiger partial charge >= 0.3 is 0 Å². The molecule has 0 spiro atoms. The fourth-order valence-corrected chi connectivity index (χ4v) is 1.76. The average molecular weight is 261 g/mol. The molecule has 1 aromatic heterocycles. The van der Waals surface area contributed by atoms with E-state index in [1.54, 1.807) is 25.1 Å². The van der Waals surface area contributed by atoms with Gasteiger partial charge in [0.25, 0.3) is 5.91 Å². The molecule has 18 heavy (non-hydrogen) atoms. The van der Waals surface area contributed by atoms with E-state index in [1.807, 2.05) is 6.07 Å². The summed E-state index contributed by atoms with van der Waals surface area (Å²) in [5.74, 6) is -0.0261. The summed E-state index contributed by atoms with van der Waals surface area (Å²) in [4.78, 5) is 12.0. The number of benzene rings is 1. The Morgan fingerprint density at radius 2 is 2.33 bits per heavy atom. The van der Waals surface area contributed by atoms with Gasteiger partial charge in [-0.25, -0.2) is 0 Å². The monoisotopic (exact) mass is 260 g/mol. The standard InChI is InChI=1S/C12H9ClN4O/c1-7-4-9(13)2-3-10(7)12(18)16-11-8(5-14)6-15-17-11/h2-4,6H,1H3,(H2,15,16,17,18). The van der Waals surface area contributed by atoms with Crippen LogP contribution in [0.4, 0.5) is 5.82 Å². The molecule has 1 aromatic carbocycles. The number of carbonyl (C=O) groups is 1. The highest BCUT2D eigenvalue weighted by Crippen LogP contribution is 2.17. The molecule has 1 amide bonds. The second kappa shape index (κ2) is 4.90. The maximum absolute atomic E-state index is 12.0. The van der Waals surface area contributed by atoms with E-state index < -0.39 is 0 Å². The molecule has 0 saturated heterocycles. The zero-order valence-corrected chi connectivity index (χ0v) is 10.2. The quantitative estimate of drug-likeness (QED) is 0.870. The summed E-state index contributed by atoms with van der Waals surface area (Å²) in [6.45, 7) is 1.79. The van der Waals surface area contributed by atoms with Crippen LogP contribution in [0, 0.1) is 18.3 Å². The Hall–Kier alpha value is -2.32. The fraction of sp³-hybridized carbons (Fsp3) is 0.0833. The number of aromatic amines is 1. The molecular weight excluding hydrogens is 252 g/mol. The molecule has 0 aliphatic heterocycles. The summed E-state index contributed by atoms with van der Waals surface area (Å²) in [7, 11) is 0. The van der Waals surface area contributed by atoms with Gasteiger partial charge in [-0.15, -0.1) is 0 Å².